The molecule has 0 saturated carbocycles. The number of aryl methyl sites for hydroxylation is 1. The van der Waals surface area contributed by atoms with Crippen LogP contribution in [0.5, 0.6) is 0 Å². The third-order valence-corrected chi connectivity index (χ3v) is 2.35. The van der Waals surface area contributed by atoms with Crippen LogP contribution in [0, 0.1) is 6.92 Å². The lowest BCUT2D eigenvalue weighted by atomic mass is 9.97. The molecule has 0 aliphatic heterocycles. The maximum absolute atomic E-state index is 9.82. The van der Waals surface area contributed by atoms with Crippen LogP contribution >= 0.6 is 0 Å². The van der Waals surface area contributed by atoms with Gasteiger partial charge in [0, 0.05) is 5.39 Å². The minimum absolute atomic E-state index is 0.792. The van der Waals surface area contributed by atoms with Gasteiger partial charge in [-0.05, 0) is 44.5 Å². The van der Waals surface area contributed by atoms with E-state index in [9.17, 15) is 5.11 Å². The number of benzene rings is 1. The SMILES string of the molecule is Cc1cc2cc(C(C)(C)O)ccc2o1. The van der Waals surface area contributed by atoms with E-state index in [0.717, 1.165) is 22.3 Å². The summed E-state index contributed by atoms with van der Waals surface area (Å²) >= 11 is 0. The average molecular weight is 190 g/mol. The van der Waals surface area contributed by atoms with Crippen molar-refractivity contribution in [3.8, 4) is 0 Å². The maximum atomic E-state index is 9.82. The molecule has 0 saturated heterocycles. The van der Waals surface area contributed by atoms with Gasteiger partial charge in [-0.1, -0.05) is 6.07 Å². The summed E-state index contributed by atoms with van der Waals surface area (Å²) in [7, 11) is 0. The van der Waals surface area contributed by atoms with Crippen LogP contribution in [0.3, 0.4) is 0 Å². The summed E-state index contributed by atoms with van der Waals surface area (Å²) in [4.78, 5) is 0. The topological polar surface area (TPSA) is 33.4 Å². The van der Waals surface area contributed by atoms with Gasteiger partial charge in [-0.3, -0.25) is 0 Å². The fourth-order valence-electron chi connectivity index (χ4n) is 1.56. The Balaban J connectivity index is 2.62. The van der Waals surface area contributed by atoms with Crippen molar-refractivity contribution in [3.63, 3.8) is 0 Å². The Kier molecular flexibility index (Phi) is 1.89. The van der Waals surface area contributed by atoms with E-state index in [1.165, 1.54) is 0 Å². The molecule has 0 amide bonds. The Morgan fingerprint density at radius 3 is 2.57 bits per heavy atom. The maximum Gasteiger partial charge on any atom is 0.134 e. The van der Waals surface area contributed by atoms with E-state index in [1.54, 1.807) is 13.8 Å². The fraction of sp³-hybridized carbons (Fsp3) is 0.333. The molecule has 1 heterocycles. The third-order valence-electron chi connectivity index (χ3n) is 2.35. The molecule has 0 aliphatic carbocycles. The lowest BCUT2D eigenvalue weighted by molar-refractivity contribution is 0.0787. The molecule has 0 atom stereocenters. The molecule has 1 aromatic carbocycles. The second kappa shape index (κ2) is 2.85. The number of rotatable bonds is 1. The molecule has 0 radical (unpaired) electrons. The van der Waals surface area contributed by atoms with Gasteiger partial charge in [-0.25, -0.2) is 0 Å². The van der Waals surface area contributed by atoms with Crippen molar-refractivity contribution < 1.29 is 9.52 Å². The molecule has 74 valence electrons. The first-order valence-corrected chi connectivity index (χ1v) is 4.70. The van der Waals surface area contributed by atoms with Crippen molar-refractivity contribution in [2.75, 3.05) is 0 Å². The van der Waals surface area contributed by atoms with Gasteiger partial charge in [-0.15, -0.1) is 0 Å². The van der Waals surface area contributed by atoms with E-state index in [1.807, 2.05) is 31.2 Å². The molecule has 1 N–H and O–H groups in total. The smallest absolute Gasteiger partial charge is 0.134 e. The molecule has 0 unspecified atom stereocenters. The quantitative estimate of drug-likeness (QED) is 0.750. The molecule has 0 aliphatic rings. The second-order valence-electron chi connectivity index (χ2n) is 4.17. The van der Waals surface area contributed by atoms with E-state index in [4.69, 9.17) is 4.42 Å². The number of aliphatic hydroxyl groups is 1. The Bertz CT molecular complexity index is 461. The van der Waals surface area contributed by atoms with Gasteiger partial charge in [0.2, 0.25) is 0 Å². The highest BCUT2D eigenvalue weighted by molar-refractivity contribution is 5.78. The molecule has 1 aromatic heterocycles. The zero-order chi connectivity index (χ0) is 10.3. The van der Waals surface area contributed by atoms with Crippen LogP contribution in [0.15, 0.2) is 28.7 Å². The van der Waals surface area contributed by atoms with Gasteiger partial charge in [0.25, 0.3) is 0 Å². The predicted molar refractivity (Wildman–Crippen MR) is 56.2 cm³/mol. The van der Waals surface area contributed by atoms with E-state index in [0.29, 0.717) is 0 Å². The Labute approximate surface area is 83.2 Å². The van der Waals surface area contributed by atoms with Crippen LogP contribution in [0.4, 0.5) is 0 Å². The lowest BCUT2D eigenvalue weighted by Crippen LogP contribution is -2.14. The van der Waals surface area contributed by atoms with Gasteiger partial charge in [-0.2, -0.15) is 0 Å². The van der Waals surface area contributed by atoms with Crippen LogP contribution in [0.1, 0.15) is 25.2 Å². The van der Waals surface area contributed by atoms with Crippen molar-refractivity contribution in [1.82, 2.24) is 0 Å². The molecule has 14 heavy (non-hydrogen) atoms. The number of fused-ring (bicyclic) bond motifs is 1. The zero-order valence-corrected chi connectivity index (χ0v) is 8.66. The molecule has 0 spiro atoms. The summed E-state index contributed by atoms with van der Waals surface area (Å²) < 4.78 is 5.45. The van der Waals surface area contributed by atoms with Crippen molar-refractivity contribution in [2.45, 2.75) is 26.4 Å². The fourth-order valence-corrected chi connectivity index (χ4v) is 1.56. The zero-order valence-electron chi connectivity index (χ0n) is 8.66. The highest BCUT2D eigenvalue weighted by Crippen LogP contribution is 2.26. The van der Waals surface area contributed by atoms with Crippen molar-refractivity contribution in [3.05, 3.63) is 35.6 Å². The summed E-state index contributed by atoms with van der Waals surface area (Å²) in [6, 6.07) is 7.73. The molecule has 2 heteroatoms. The van der Waals surface area contributed by atoms with Crippen LogP contribution in [-0.4, -0.2) is 5.11 Å². The minimum Gasteiger partial charge on any atom is -0.461 e. The largest absolute Gasteiger partial charge is 0.461 e. The van der Waals surface area contributed by atoms with Gasteiger partial charge >= 0.3 is 0 Å². The number of furan rings is 1. The molecule has 0 fully saturated rings. The van der Waals surface area contributed by atoms with Crippen molar-refractivity contribution >= 4 is 11.0 Å². The van der Waals surface area contributed by atoms with Crippen LogP contribution in [0.25, 0.3) is 11.0 Å². The summed E-state index contributed by atoms with van der Waals surface area (Å²) in [5.74, 6) is 0.896. The standard InChI is InChI=1S/C12H14O2/c1-8-6-9-7-10(12(2,3)13)4-5-11(9)14-8/h4-7,13H,1-3H3. The molecular formula is C12H14O2. The van der Waals surface area contributed by atoms with Crippen LogP contribution in [0.2, 0.25) is 0 Å². The van der Waals surface area contributed by atoms with Crippen LogP contribution < -0.4 is 0 Å². The van der Waals surface area contributed by atoms with E-state index < -0.39 is 5.60 Å². The first-order chi connectivity index (χ1) is 6.47. The summed E-state index contributed by atoms with van der Waals surface area (Å²) in [6.45, 7) is 5.48. The van der Waals surface area contributed by atoms with E-state index in [-0.39, 0.29) is 0 Å². The predicted octanol–water partition coefficient (Wildman–Crippen LogP) is 2.97. The summed E-state index contributed by atoms with van der Waals surface area (Å²) in [6.07, 6.45) is 0. The van der Waals surface area contributed by atoms with Gasteiger partial charge in [0.05, 0.1) is 5.60 Å². The third kappa shape index (κ3) is 1.53. The molecule has 2 aromatic rings. The summed E-state index contributed by atoms with van der Waals surface area (Å²) in [5, 5.41) is 10.9. The molecule has 2 nitrogen and oxygen atoms in total. The summed E-state index contributed by atoms with van der Waals surface area (Å²) in [5.41, 5.74) is 0.987. The van der Waals surface area contributed by atoms with Crippen molar-refractivity contribution in [1.29, 1.82) is 0 Å². The van der Waals surface area contributed by atoms with E-state index >= 15 is 0 Å². The Hall–Kier alpha value is -1.28. The monoisotopic (exact) mass is 190 g/mol. The first-order valence-electron chi connectivity index (χ1n) is 4.70. The van der Waals surface area contributed by atoms with Gasteiger partial charge in [0.1, 0.15) is 11.3 Å². The van der Waals surface area contributed by atoms with Gasteiger partial charge in [0.15, 0.2) is 0 Å². The highest BCUT2D eigenvalue weighted by atomic mass is 16.3. The molecular weight excluding hydrogens is 176 g/mol. The molecule has 0 bridgehead atoms. The molecule has 2 rings (SSSR count). The second-order valence-corrected chi connectivity index (χ2v) is 4.17. The Morgan fingerprint density at radius 1 is 1.21 bits per heavy atom. The highest BCUT2D eigenvalue weighted by Gasteiger charge is 2.16. The lowest BCUT2D eigenvalue weighted by Gasteiger charge is -2.17. The number of hydrogen-bond acceptors (Lipinski definition) is 2. The average Bonchev–Trinajstić information content (AvgIpc) is 2.41. The van der Waals surface area contributed by atoms with Crippen LogP contribution in [-0.2, 0) is 5.60 Å². The van der Waals surface area contributed by atoms with Gasteiger partial charge < -0.3 is 9.52 Å². The minimum atomic E-state index is -0.792. The van der Waals surface area contributed by atoms with E-state index in [2.05, 4.69) is 0 Å². The number of hydrogen-bond donors (Lipinski definition) is 1. The normalized spacial score (nSPS) is 12.3. The Morgan fingerprint density at radius 2 is 1.93 bits per heavy atom. The first kappa shape index (κ1) is 9.28. The van der Waals surface area contributed by atoms with Crippen molar-refractivity contribution in [2.24, 2.45) is 0 Å².